The van der Waals surface area contributed by atoms with Gasteiger partial charge in [-0.2, -0.15) is 0 Å². The molecule has 2 aromatic carbocycles. The summed E-state index contributed by atoms with van der Waals surface area (Å²) >= 11 is 0. The van der Waals surface area contributed by atoms with Crippen molar-refractivity contribution in [3.63, 3.8) is 0 Å². The number of imidazole rings is 1. The van der Waals surface area contributed by atoms with Crippen molar-refractivity contribution in [3.8, 4) is 11.4 Å². The fourth-order valence-electron chi connectivity index (χ4n) is 3.25. The maximum atomic E-state index is 12.8. The van der Waals surface area contributed by atoms with Crippen LogP contribution in [0.15, 0.2) is 67.3 Å². The van der Waals surface area contributed by atoms with Gasteiger partial charge in [0.1, 0.15) is 5.75 Å². The van der Waals surface area contributed by atoms with E-state index in [1.807, 2.05) is 66.2 Å². The van der Waals surface area contributed by atoms with Crippen LogP contribution in [0.2, 0.25) is 0 Å². The van der Waals surface area contributed by atoms with Gasteiger partial charge in [-0.05, 0) is 30.2 Å². The molecule has 1 amide bonds. The minimum absolute atomic E-state index is 0.265. The highest BCUT2D eigenvalue weighted by atomic mass is 16.5. The topological polar surface area (TPSA) is 86.9 Å². The molecule has 0 atom stereocenters. The van der Waals surface area contributed by atoms with Gasteiger partial charge in [-0.15, -0.1) is 5.10 Å². The largest absolute Gasteiger partial charge is 0.497 e. The molecule has 1 N–H and O–H groups in total. The third kappa shape index (κ3) is 4.07. The van der Waals surface area contributed by atoms with Crippen molar-refractivity contribution in [3.05, 3.63) is 89.8 Å². The first-order valence-corrected chi connectivity index (χ1v) is 9.53. The first-order valence-electron chi connectivity index (χ1n) is 9.53. The standard InChI is InChI=1S/C22H22N6O2/c1-16-21(25-26-28(16)19-8-5-9-20(12-19)30-2)22(29)24-13-17-6-3-4-7-18(17)14-27-11-10-23-15-27/h3-12,15H,13-14H2,1-2H3,(H,24,29). The minimum atomic E-state index is -0.265. The summed E-state index contributed by atoms with van der Waals surface area (Å²) in [6.45, 7) is 2.91. The summed E-state index contributed by atoms with van der Waals surface area (Å²) in [4.78, 5) is 16.8. The zero-order valence-corrected chi connectivity index (χ0v) is 16.8. The predicted octanol–water partition coefficient (Wildman–Crippen LogP) is 2.76. The first kappa shape index (κ1) is 19.4. The average molecular weight is 402 g/mol. The van der Waals surface area contributed by atoms with Gasteiger partial charge in [-0.3, -0.25) is 4.79 Å². The third-order valence-electron chi connectivity index (χ3n) is 4.88. The van der Waals surface area contributed by atoms with E-state index in [1.54, 1.807) is 24.3 Å². The number of amides is 1. The molecule has 0 saturated carbocycles. The van der Waals surface area contributed by atoms with Crippen molar-refractivity contribution < 1.29 is 9.53 Å². The lowest BCUT2D eigenvalue weighted by atomic mass is 10.1. The molecule has 152 valence electrons. The van der Waals surface area contributed by atoms with E-state index in [2.05, 4.69) is 20.6 Å². The summed E-state index contributed by atoms with van der Waals surface area (Å²) in [6, 6.07) is 15.5. The number of methoxy groups -OCH3 is 1. The van der Waals surface area contributed by atoms with Gasteiger partial charge in [-0.25, -0.2) is 9.67 Å². The van der Waals surface area contributed by atoms with E-state index in [9.17, 15) is 4.79 Å². The summed E-state index contributed by atoms with van der Waals surface area (Å²) in [7, 11) is 1.61. The number of nitrogens with one attached hydrogen (secondary N) is 1. The SMILES string of the molecule is COc1cccc(-n2nnc(C(=O)NCc3ccccc3Cn3ccnc3)c2C)c1. The average Bonchev–Trinajstić information content (AvgIpc) is 3.42. The Balaban J connectivity index is 1.49. The van der Waals surface area contributed by atoms with Crippen LogP contribution in [0.5, 0.6) is 5.75 Å². The maximum absolute atomic E-state index is 12.8. The molecule has 0 fully saturated rings. The van der Waals surface area contributed by atoms with Crippen LogP contribution in [0, 0.1) is 6.92 Å². The zero-order chi connectivity index (χ0) is 20.9. The molecule has 8 nitrogen and oxygen atoms in total. The molecule has 0 spiro atoms. The summed E-state index contributed by atoms with van der Waals surface area (Å²) in [6.07, 6.45) is 5.43. The molecular formula is C22H22N6O2. The Morgan fingerprint density at radius 2 is 1.97 bits per heavy atom. The van der Waals surface area contributed by atoms with Crippen LogP contribution in [0.4, 0.5) is 0 Å². The third-order valence-corrected chi connectivity index (χ3v) is 4.88. The van der Waals surface area contributed by atoms with Crippen molar-refractivity contribution in [2.45, 2.75) is 20.0 Å². The van der Waals surface area contributed by atoms with Gasteiger partial charge in [0, 0.05) is 31.5 Å². The first-order chi connectivity index (χ1) is 14.7. The van der Waals surface area contributed by atoms with Crippen LogP contribution in [0.25, 0.3) is 5.69 Å². The summed E-state index contributed by atoms with van der Waals surface area (Å²) in [5.41, 5.74) is 3.89. The van der Waals surface area contributed by atoms with E-state index in [0.29, 0.717) is 30.2 Å². The molecule has 0 aliphatic carbocycles. The molecule has 2 heterocycles. The predicted molar refractivity (Wildman–Crippen MR) is 112 cm³/mol. The number of ether oxygens (including phenoxy) is 1. The Morgan fingerprint density at radius 1 is 1.13 bits per heavy atom. The van der Waals surface area contributed by atoms with E-state index in [4.69, 9.17) is 4.74 Å². The van der Waals surface area contributed by atoms with Crippen molar-refractivity contribution in [2.24, 2.45) is 0 Å². The normalized spacial score (nSPS) is 10.7. The summed E-state index contributed by atoms with van der Waals surface area (Å²) in [5, 5.41) is 11.2. The number of carbonyl (C=O) groups is 1. The number of hydrogen-bond donors (Lipinski definition) is 1. The van der Waals surface area contributed by atoms with Gasteiger partial charge >= 0.3 is 0 Å². The molecule has 4 rings (SSSR count). The smallest absolute Gasteiger partial charge is 0.274 e. The van der Waals surface area contributed by atoms with Crippen LogP contribution in [-0.4, -0.2) is 37.6 Å². The van der Waals surface area contributed by atoms with Gasteiger partial charge in [0.05, 0.1) is 24.8 Å². The summed E-state index contributed by atoms with van der Waals surface area (Å²) < 4.78 is 8.88. The van der Waals surface area contributed by atoms with E-state index < -0.39 is 0 Å². The van der Waals surface area contributed by atoms with Gasteiger partial charge in [0.2, 0.25) is 0 Å². The van der Waals surface area contributed by atoms with Gasteiger partial charge < -0.3 is 14.6 Å². The number of benzene rings is 2. The summed E-state index contributed by atoms with van der Waals surface area (Å²) in [5.74, 6) is 0.446. The van der Waals surface area contributed by atoms with Crippen LogP contribution in [0.3, 0.4) is 0 Å². The lowest BCUT2D eigenvalue weighted by Crippen LogP contribution is -2.25. The van der Waals surface area contributed by atoms with Crippen LogP contribution >= 0.6 is 0 Å². The van der Waals surface area contributed by atoms with Gasteiger partial charge in [0.15, 0.2) is 5.69 Å². The molecule has 0 saturated heterocycles. The molecule has 0 aliphatic rings. The van der Waals surface area contributed by atoms with Crippen LogP contribution in [-0.2, 0) is 13.1 Å². The number of nitrogens with zero attached hydrogens (tertiary/aromatic N) is 5. The van der Waals surface area contributed by atoms with Crippen molar-refractivity contribution in [2.75, 3.05) is 7.11 Å². The lowest BCUT2D eigenvalue weighted by molar-refractivity contribution is 0.0945. The second-order valence-corrected chi connectivity index (χ2v) is 6.82. The van der Waals surface area contributed by atoms with Gasteiger partial charge in [0.25, 0.3) is 5.91 Å². The molecule has 0 unspecified atom stereocenters. The Hall–Kier alpha value is -3.94. The Labute approximate surface area is 174 Å². The van der Waals surface area contributed by atoms with Crippen molar-refractivity contribution >= 4 is 5.91 Å². The van der Waals surface area contributed by atoms with E-state index in [0.717, 1.165) is 16.8 Å². The second-order valence-electron chi connectivity index (χ2n) is 6.82. The Bertz CT molecular complexity index is 1150. The molecule has 0 bridgehead atoms. The minimum Gasteiger partial charge on any atom is -0.497 e. The second kappa shape index (κ2) is 8.60. The number of carbonyl (C=O) groups excluding carboxylic acids is 1. The van der Waals surface area contributed by atoms with Crippen molar-refractivity contribution in [1.82, 2.24) is 29.9 Å². The number of hydrogen-bond acceptors (Lipinski definition) is 5. The Kier molecular flexibility index (Phi) is 5.56. The van der Waals surface area contributed by atoms with E-state index in [-0.39, 0.29) is 5.91 Å². The van der Waals surface area contributed by atoms with E-state index in [1.165, 1.54) is 0 Å². The molecule has 0 radical (unpaired) electrons. The van der Waals surface area contributed by atoms with Crippen LogP contribution in [0.1, 0.15) is 27.3 Å². The zero-order valence-electron chi connectivity index (χ0n) is 16.8. The van der Waals surface area contributed by atoms with Crippen LogP contribution < -0.4 is 10.1 Å². The molecule has 8 heteroatoms. The Morgan fingerprint density at radius 3 is 2.73 bits per heavy atom. The molecule has 2 aromatic heterocycles. The van der Waals surface area contributed by atoms with Gasteiger partial charge in [-0.1, -0.05) is 35.5 Å². The highest BCUT2D eigenvalue weighted by Crippen LogP contribution is 2.18. The molecule has 4 aromatic rings. The highest BCUT2D eigenvalue weighted by molar-refractivity contribution is 5.93. The molecule has 0 aliphatic heterocycles. The number of rotatable bonds is 7. The lowest BCUT2D eigenvalue weighted by Gasteiger charge is -2.11. The van der Waals surface area contributed by atoms with Crippen molar-refractivity contribution in [1.29, 1.82) is 0 Å². The monoisotopic (exact) mass is 402 g/mol. The quantitative estimate of drug-likeness (QED) is 0.514. The van der Waals surface area contributed by atoms with E-state index >= 15 is 0 Å². The number of aromatic nitrogens is 5. The fourth-order valence-corrected chi connectivity index (χ4v) is 3.25. The molecule has 30 heavy (non-hydrogen) atoms. The molecular weight excluding hydrogens is 380 g/mol. The maximum Gasteiger partial charge on any atom is 0.274 e. The fraction of sp³-hybridized carbons (Fsp3) is 0.182. The highest BCUT2D eigenvalue weighted by Gasteiger charge is 2.18.